The van der Waals surface area contributed by atoms with Crippen molar-refractivity contribution >= 4 is 16.6 Å². The van der Waals surface area contributed by atoms with Gasteiger partial charge < -0.3 is 5.43 Å². The lowest BCUT2D eigenvalue weighted by molar-refractivity contribution is 0.639. The maximum absolute atomic E-state index is 13.7. The van der Waals surface area contributed by atoms with Crippen LogP contribution in [0.1, 0.15) is 11.1 Å². The predicted octanol–water partition coefficient (Wildman–Crippen LogP) is 1.84. The quantitative estimate of drug-likeness (QED) is 0.563. The second-order valence-electron chi connectivity index (χ2n) is 3.39. The molecule has 0 spiro atoms. The minimum atomic E-state index is -0.446. The smallest absolute Gasteiger partial charge is 0.134 e. The molecular formula is C11H9FN4. The van der Waals surface area contributed by atoms with Crippen molar-refractivity contribution in [3.63, 3.8) is 0 Å². The van der Waals surface area contributed by atoms with Gasteiger partial charge in [-0.05, 0) is 18.6 Å². The van der Waals surface area contributed by atoms with Gasteiger partial charge in [0.1, 0.15) is 11.9 Å². The summed E-state index contributed by atoms with van der Waals surface area (Å²) in [5.41, 5.74) is 4.19. The van der Waals surface area contributed by atoms with E-state index < -0.39 is 5.82 Å². The van der Waals surface area contributed by atoms with Crippen LogP contribution >= 0.6 is 0 Å². The van der Waals surface area contributed by atoms with Gasteiger partial charge in [-0.1, -0.05) is 6.07 Å². The van der Waals surface area contributed by atoms with E-state index in [1.165, 1.54) is 12.3 Å². The van der Waals surface area contributed by atoms with Crippen molar-refractivity contribution in [2.24, 2.45) is 5.84 Å². The average Bonchev–Trinajstić information content (AvgIpc) is 2.32. The van der Waals surface area contributed by atoms with Crippen LogP contribution in [0.3, 0.4) is 0 Å². The molecule has 0 atom stereocenters. The van der Waals surface area contributed by atoms with Gasteiger partial charge in [0.15, 0.2) is 0 Å². The fourth-order valence-electron chi connectivity index (χ4n) is 1.64. The average molecular weight is 216 g/mol. The van der Waals surface area contributed by atoms with E-state index in [-0.39, 0.29) is 16.6 Å². The largest absolute Gasteiger partial charge is 0.322 e. The number of nitriles is 1. The van der Waals surface area contributed by atoms with E-state index in [1.54, 1.807) is 6.07 Å². The van der Waals surface area contributed by atoms with Gasteiger partial charge >= 0.3 is 0 Å². The van der Waals surface area contributed by atoms with Gasteiger partial charge in [0.25, 0.3) is 0 Å². The molecule has 0 aliphatic rings. The summed E-state index contributed by atoms with van der Waals surface area (Å²) in [6.45, 7) is 1.82. The van der Waals surface area contributed by atoms with Gasteiger partial charge in [-0.25, -0.2) is 4.39 Å². The Labute approximate surface area is 91.5 Å². The Hall–Kier alpha value is -2.19. The number of anilines is 1. The number of halogens is 1. The van der Waals surface area contributed by atoms with E-state index >= 15 is 0 Å². The van der Waals surface area contributed by atoms with Crippen molar-refractivity contribution in [3.8, 4) is 6.07 Å². The van der Waals surface area contributed by atoms with E-state index in [2.05, 4.69) is 10.4 Å². The predicted molar refractivity (Wildman–Crippen MR) is 59.0 cm³/mol. The van der Waals surface area contributed by atoms with E-state index in [1.807, 2.05) is 13.0 Å². The molecule has 5 heteroatoms. The molecule has 2 rings (SSSR count). The first-order valence-corrected chi connectivity index (χ1v) is 4.63. The topological polar surface area (TPSA) is 74.7 Å². The molecule has 0 radical (unpaired) electrons. The van der Waals surface area contributed by atoms with Gasteiger partial charge in [0.2, 0.25) is 0 Å². The summed E-state index contributed by atoms with van der Waals surface area (Å²) in [5.74, 6) is 4.87. The highest BCUT2D eigenvalue weighted by Gasteiger charge is 2.13. The molecule has 3 N–H and O–H groups in total. The second kappa shape index (κ2) is 3.76. The fourth-order valence-corrected chi connectivity index (χ4v) is 1.64. The highest BCUT2D eigenvalue weighted by molar-refractivity contribution is 5.95. The Morgan fingerprint density at radius 2 is 2.25 bits per heavy atom. The third kappa shape index (κ3) is 1.36. The summed E-state index contributed by atoms with van der Waals surface area (Å²) >= 11 is 0. The molecule has 0 amide bonds. The van der Waals surface area contributed by atoms with Crippen LogP contribution < -0.4 is 11.3 Å². The van der Waals surface area contributed by atoms with E-state index in [0.717, 1.165) is 5.56 Å². The molecule has 1 aromatic carbocycles. The van der Waals surface area contributed by atoms with Gasteiger partial charge in [-0.15, -0.1) is 0 Å². The van der Waals surface area contributed by atoms with Crippen molar-refractivity contribution in [2.75, 3.05) is 5.43 Å². The fraction of sp³-hybridized carbons (Fsp3) is 0.0909. The number of aromatic nitrogens is 1. The van der Waals surface area contributed by atoms with Crippen molar-refractivity contribution in [1.82, 2.24) is 4.98 Å². The Balaban J connectivity index is 2.98. The lowest BCUT2D eigenvalue weighted by Gasteiger charge is -2.09. The molecule has 0 saturated heterocycles. The number of pyridine rings is 1. The highest BCUT2D eigenvalue weighted by Crippen LogP contribution is 2.28. The van der Waals surface area contributed by atoms with Crippen LogP contribution in [0.5, 0.6) is 0 Å². The molecule has 0 aliphatic heterocycles. The SMILES string of the molecule is Cc1ccc(F)c2c(NN)c(C#N)cnc12. The zero-order valence-corrected chi connectivity index (χ0v) is 8.58. The van der Waals surface area contributed by atoms with E-state index in [4.69, 9.17) is 11.1 Å². The van der Waals surface area contributed by atoms with Gasteiger partial charge in [-0.3, -0.25) is 10.8 Å². The Morgan fingerprint density at radius 3 is 2.88 bits per heavy atom. The molecule has 2 aromatic rings. The van der Waals surface area contributed by atoms with Gasteiger partial charge in [0, 0.05) is 6.20 Å². The molecule has 0 fully saturated rings. The number of benzene rings is 1. The number of hydrazine groups is 1. The van der Waals surface area contributed by atoms with Crippen LogP contribution in [0.25, 0.3) is 10.9 Å². The molecule has 0 unspecified atom stereocenters. The number of fused-ring (bicyclic) bond motifs is 1. The van der Waals surface area contributed by atoms with Crippen LogP contribution in [-0.2, 0) is 0 Å². The monoisotopic (exact) mass is 216 g/mol. The number of aryl methyl sites for hydroxylation is 1. The Kier molecular flexibility index (Phi) is 2.43. The standard InChI is InChI=1S/C11H9FN4/c1-6-2-3-8(12)9-10(6)15-5-7(4-13)11(9)16-14/h2-3,5H,14H2,1H3,(H,15,16). The Morgan fingerprint density at radius 1 is 1.50 bits per heavy atom. The summed E-state index contributed by atoms with van der Waals surface area (Å²) in [6.07, 6.45) is 1.38. The molecule has 1 aromatic heterocycles. The molecule has 1 heterocycles. The summed E-state index contributed by atoms with van der Waals surface area (Å²) in [6, 6.07) is 4.88. The van der Waals surface area contributed by atoms with Crippen molar-refractivity contribution in [3.05, 3.63) is 35.3 Å². The second-order valence-corrected chi connectivity index (χ2v) is 3.39. The Bertz CT molecular complexity index is 601. The van der Waals surface area contributed by atoms with Crippen LogP contribution in [0, 0.1) is 24.1 Å². The van der Waals surface area contributed by atoms with Crippen molar-refractivity contribution < 1.29 is 4.39 Å². The number of nitrogens with two attached hydrogens (primary N) is 1. The van der Waals surface area contributed by atoms with Crippen molar-refractivity contribution in [2.45, 2.75) is 6.92 Å². The minimum absolute atomic E-state index is 0.222. The maximum Gasteiger partial charge on any atom is 0.134 e. The first kappa shape index (κ1) is 10.3. The lowest BCUT2D eigenvalue weighted by atomic mass is 10.1. The lowest BCUT2D eigenvalue weighted by Crippen LogP contribution is -2.10. The summed E-state index contributed by atoms with van der Waals surface area (Å²) in [4.78, 5) is 4.06. The van der Waals surface area contributed by atoms with E-state index in [0.29, 0.717) is 5.52 Å². The third-order valence-electron chi connectivity index (χ3n) is 2.44. The number of nitrogens with one attached hydrogen (secondary N) is 1. The van der Waals surface area contributed by atoms with Crippen LogP contribution in [-0.4, -0.2) is 4.98 Å². The van der Waals surface area contributed by atoms with E-state index in [9.17, 15) is 4.39 Å². The van der Waals surface area contributed by atoms with Crippen LogP contribution in [0.4, 0.5) is 10.1 Å². The zero-order chi connectivity index (χ0) is 11.7. The number of nitrogen functional groups attached to an aromatic ring is 1. The van der Waals surface area contributed by atoms with Crippen LogP contribution in [0.2, 0.25) is 0 Å². The third-order valence-corrected chi connectivity index (χ3v) is 2.44. The number of hydrogen-bond donors (Lipinski definition) is 2. The van der Waals surface area contributed by atoms with Crippen LogP contribution in [0.15, 0.2) is 18.3 Å². The number of nitrogens with zero attached hydrogens (tertiary/aromatic N) is 2. The van der Waals surface area contributed by atoms with Gasteiger partial charge in [-0.2, -0.15) is 5.26 Å². The normalized spacial score (nSPS) is 10.1. The molecule has 0 bridgehead atoms. The molecule has 80 valence electrons. The van der Waals surface area contributed by atoms with Gasteiger partial charge in [0.05, 0.1) is 22.2 Å². The minimum Gasteiger partial charge on any atom is -0.322 e. The zero-order valence-electron chi connectivity index (χ0n) is 8.58. The maximum atomic E-state index is 13.7. The summed E-state index contributed by atoms with van der Waals surface area (Å²) in [5, 5.41) is 9.11. The van der Waals surface area contributed by atoms with Crippen molar-refractivity contribution in [1.29, 1.82) is 5.26 Å². The molecule has 4 nitrogen and oxygen atoms in total. The molecule has 0 saturated carbocycles. The molecule has 16 heavy (non-hydrogen) atoms. The number of rotatable bonds is 1. The summed E-state index contributed by atoms with van der Waals surface area (Å²) < 4.78 is 13.7. The summed E-state index contributed by atoms with van der Waals surface area (Å²) in [7, 11) is 0. The first-order chi connectivity index (χ1) is 7.69. The highest BCUT2D eigenvalue weighted by atomic mass is 19.1. The number of hydrogen-bond acceptors (Lipinski definition) is 4. The molecule has 0 aliphatic carbocycles. The molecular weight excluding hydrogens is 207 g/mol. The first-order valence-electron chi connectivity index (χ1n) is 4.63.